The van der Waals surface area contributed by atoms with Crippen LogP contribution < -0.4 is 16.0 Å². The zero-order valence-corrected chi connectivity index (χ0v) is 14.4. The Bertz CT molecular complexity index is 652. The third kappa shape index (κ3) is 4.46. The molecule has 3 N–H and O–H groups in total. The van der Waals surface area contributed by atoms with Crippen LogP contribution in [0.5, 0.6) is 0 Å². The summed E-state index contributed by atoms with van der Waals surface area (Å²) in [6, 6.07) is 11.2. The number of hydrogen-bond acceptors (Lipinski definition) is 4. The van der Waals surface area contributed by atoms with Crippen molar-refractivity contribution in [2.24, 2.45) is 5.73 Å². The molecule has 24 heavy (non-hydrogen) atoms. The van der Waals surface area contributed by atoms with Crippen molar-refractivity contribution in [3.8, 4) is 0 Å². The van der Waals surface area contributed by atoms with Crippen molar-refractivity contribution in [2.75, 3.05) is 23.3 Å². The largest absolute Gasteiger partial charge is 0.370 e. The quantitative estimate of drug-likeness (QED) is 0.891. The number of rotatable bonds is 4. The number of hydrogen-bond donors (Lipinski definition) is 2. The third-order valence-electron chi connectivity index (χ3n) is 4.16. The topological polar surface area (TPSA) is 71.2 Å². The van der Waals surface area contributed by atoms with Crippen molar-refractivity contribution in [3.63, 3.8) is 0 Å². The number of carbonyl (C=O) groups excluding carboxylic acids is 1. The van der Waals surface area contributed by atoms with Gasteiger partial charge in [0.2, 0.25) is 0 Å². The maximum absolute atomic E-state index is 12.2. The number of benzene rings is 1. The molecule has 1 amide bonds. The molecule has 5 nitrogen and oxygen atoms in total. The lowest BCUT2D eigenvalue weighted by Crippen LogP contribution is -2.29. The Labute approximate surface area is 148 Å². The molecule has 1 aromatic carbocycles. The second kappa shape index (κ2) is 8.66. The predicted octanol–water partition coefficient (Wildman–Crippen LogP) is 3.20. The Morgan fingerprint density at radius 1 is 1.08 bits per heavy atom. The van der Waals surface area contributed by atoms with E-state index in [1.165, 1.54) is 19.3 Å². The lowest BCUT2D eigenvalue weighted by molar-refractivity contribution is 0.102. The number of nitrogens with two attached hydrogens (primary N) is 1. The number of amides is 1. The highest BCUT2D eigenvalue weighted by molar-refractivity contribution is 6.03. The van der Waals surface area contributed by atoms with E-state index in [0.717, 1.165) is 24.3 Å². The van der Waals surface area contributed by atoms with Crippen LogP contribution in [0.1, 0.15) is 35.2 Å². The van der Waals surface area contributed by atoms with E-state index in [9.17, 15) is 4.79 Å². The molecule has 0 saturated carbocycles. The van der Waals surface area contributed by atoms with Crippen molar-refractivity contribution >= 4 is 29.8 Å². The van der Waals surface area contributed by atoms with Crippen LogP contribution in [0.2, 0.25) is 0 Å². The molecule has 0 aliphatic carbocycles. The first-order valence-electron chi connectivity index (χ1n) is 8.07. The highest BCUT2D eigenvalue weighted by Crippen LogP contribution is 2.20. The summed E-state index contributed by atoms with van der Waals surface area (Å²) in [7, 11) is 0. The molecular weight excluding hydrogens is 324 g/mol. The average molecular weight is 347 g/mol. The van der Waals surface area contributed by atoms with Gasteiger partial charge < -0.3 is 16.0 Å². The normalized spacial score (nSPS) is 14.0. The van der Waals surface area contributed by atoms with Crippen molar-refractivity contribution in [1.82, 2.24) is 4.98 Å². The zero-order chi connectivity index (χ0) is 16.1. The van der Waals surface area contributed by atoms with Crippen molar-refractivity contribution in [1.29, 1.82) is 0 Å². The molecule has 2 heterocycles. The monoisotopic (exact) mass is 346 g/mol. The van der Waals surface area contributed by atoms with E-state index in [1.54, 1.807) is 12.1 Å². The Hall–Kier alpha value is -2.11. The summed E-state index contributed by atoms with van der Waals surface area (Å²) in [4.78, 5) is 18.9. The first-order chi connectivity index (χ1) is 11.3. The van der Waals surface area contributed by atoms with E-state index in [1.807, 2.05) is 30.5 Å². The van der Waals surface area contributed by atoms with Gasteiger partial charge in [-0.05, 0) is 49.1 Å². The first kappa shape index (κ1) is 18.2. The SMILES string of the molecule is Cl.NCc1ccc(C(=O)Nc2ccc(N3CCCCC3)cn2)cc1. The third-order valence-corrected chi connectivity index (χ3v) is 4.16. The minimum atomic E-state index is -0.160. The molecule has 1 saturated heterocycles. The van der Waals surface area contributed by atoms with Crippen LogP contribution in [0.3, 0.4) is 0 Å². The molecule has 1 fully saturated rings. The van der Waals surface area contributed by atoms with Crippen molar-refractivity contribution < 1.29 is 4.79 Å². The Kier molecular flexibility index (Phi) is 6.58. The van der Waals surface area contributed by atoms with E-state index in [0.29, 0.717) is 17.9 Å². The lowest BCUT2D eigenvalue weighted by Gasteiger charge is -2.28. The van der Waals surface area contributed by atoms with Crippen LogP contribution in [-0.4, -0.2) is 24.0 Å². The van der Waals surface area contributed by atoms with Crippen molar-refractivity contribution in [2.45, 2.75) is 25.8 Å². The highest BCUT2D eigenvalue weighted by Gasteiger charge is 2.12. The van der Waals surface area contributed by atoms with Crippen LogP contribution in [0.4, 0.5) is 11.5 Å². The molecule has 2 aromatic rings. The fourth-order valence-corrected chi connectivity index (χ4v) is 2.78. The summed E-state index contributed by atoms with van der Waals surface area (Å²) in [6.45, 7) is 2.64. The van der Waals surface area contributed by atoms with E-state index in [4.69, 9.17) is 5.73 Å². The first-order valence-corrected chi connectivity index (χ1v) is 8.07. The van der Waals surface area contributed by atoms with Crippen LogP contribution in [0.15, 0.2) is 42.6 Å². The van der Waals surface area contributed by atoms with Crippen LogP contribution in [-0.2, 0) is 6.54 Å². The van der Waals surface area contributed by atoms with E-state index in [2.05, 4.69) is 15.2 Å². The standard InChI is InChI=1S/C18H22N4O.ClH/c19-12-14-4-6-15(7-5-14)18(23)21-17-9-8-16(13-20-17)22-10-2-1-3-11-22;/h4-9,13H,1-3,10-12,19H2,(H,20,21,23);1H. The van der Waals surface area contributed by atoms with Gasteiger partial charge in [-0.1, -0.05) is 12.1 Å². The van der Waals surface area contributed by atoms with Crippen LogP contribution in [0, 0.1) is 0 Å². The smallest absolute Gasteiger partial charge is 0.256 e. The fourth-order valence-electron chi connectivity index (χ4n) is 2.78. The second-order valence-electron chi connectivity index (χ2n) is 5.80. The molecule has 3 rings (SSSR count). The summed E-state index contributed by atoms with van der Waals surface area (Å²) < 4.78 is 0. The Morgan fingerprint density at radius 2 is 1.79 bits per heavy atom. The van der Waals surface area contributed by atoms with Crippen molar-refractivity contribution in [3.05, 3.63) is 53.7 Å². The number of pyridine rings is 1. The highest BCUT2D eigenvalue weighted by atomic mass is 35.5. The second-order valence-corrected chi connectivity index (χ2v) is 5.80. The van der Waals surface area contributed by atoms with Gasteiger partial charge in [0.25, 0.3) is 5.91 Å². The van der Waals surface area contributed by atoms with Gasteiger partial charge in [-0.2, -0.15) is 0 Å². The summed E-state index contributed by atoms with van der Waals surface area (Å²) in [5.41, 5.74) is 8.29. The molecule has 0 atom stereocenters. The number of halogens is 1. The maximum atomic E-state index is 12.2. The minimum absolute atomic E-state index is 0. The van der Waals surface area contributed by atoms with E-state index in [-0.39, 0.29) is 18.3 Å². The van der Waals surface area contributed by atoms with Gasteiger partial charge in [-0.15, -0.1) is 12.4 Å². The average Bonchev–Trinajstić information content (AvgIpc) is 2.63. The summed E-state index contributed by atoms with van der Waals surface area (Å²) in [5, 5.41) is 2.83. The van der Waals surface area contributed by atoms with Gasteiger partial charge in [0, 0.05) is 25.2 Å². The molecule has 0 bridgehead atoms. The summed E-state index contributed by atoms with van der Waals surface area (Å²) in [6.07, 6.45) is 5.61. The van der Waals surface area contributed by atoms with Gasteiger partial charge in [0.05, 0.1) is 11.9 Å². The fraction of sp³-hybridized carbons (Fsp3) is 0.333. The molecule has 1 aromatic heterocycles. The van der Waals surface area contributed by atoms with Gasteiger partial charge in [0.15, 0.2) is 0 Å². The number of anilines is 2. The summed E-state index contributed by atoms with van der Waals surface area (Å²) >= 11 is 0. The Morgan fingerprint density at radius 3 is 2.38 bits per heavy atom. The number of aromatic nitrogens is 1. The number of nitrogens with one attached hydrogen (secondary N) is 1. The van der Waals surface area contributed by atoms with Gasteiger partial charge in [0.1, 0.15) is 5.82 Å². The van der Waals surface area contributed by atoms with Crippen LogP contribution in [0.25, 0.3) is 0 Å². The maximum Gasteiger partial charge on any atom is 0.256 e. The molecule has 0 spiro atoms. The molecule has 1 aliphatic heterocycles. The molecule has 0 unspecified atom stereocenters. The zero-order valence-electron chi connectivity index (χ0n) is 13.6. The number of nitrogens with zero attached hydrogens (tertiary/aromatic N) is 2. The molecule has 6 heteroatoms. The molecule has 1 aliphatic rings. The lowest BCUT2D eigenvalue weighted by atomic mass is 10.1. The van der Waals surface area contributed by atoms with Gasteiger partial charge in [-0.25, -0.2) is 4.98 Å². The Balaban J connectivity index is 0.00000208. The molecule has 0 radical (unpaired) electrons. The van der Waals surface area contributed by atoms with E-state index >= 15 is 0 Å². The van der Waals surface area contributed by atoms with Crippen LogP contribution >= 0.6 is 12.4 Å². The van der Waals surface area contributed by atoms with E-state index < -0.39 is 0 Å². The number of carbonyl (C=O) groups is 1. The minimum Gasteiger partial charge on any atom is -0.370 e. The number of piperidine rings is 1. The van der Waals surface area contributed by atoms with Gasteiger partial charge in [-0.3, -0.25) is 4.79 Å². The molecular formula is C18H23ClN4O. The predicted molar refractivity (Wildman–Crippen MR) is 99.8 cm³/mol. The summed E-state index contributed by atoms with van der Waals surface area (Å²) in [5.74, 6) is 0.408. The van der Waals surface area contributed by atoms with Gasteiger partial charge >= 0.3 is 0 Å². The molecule has 128 valence electrons.